The molecule has 1 amide bonds. The van der Waals surface area contributed by atoms with E-state index in [-0.39, 0.29) is 17.5 Å². The summed E-state index contributed by atoms with van der Waals surface area (Å²) in [7, 11) is 0. The summed E-state index contributed by atoms with van der Waals surface area (Å²) in [5.74, 6) is -0.265. The van der Waals surface area contributed by atoms with Crippen molar-refractivity contribution in [1.82, 2.24) is 10.6 Å². The smallest absolute Gasteiger partial charge is 0.263 e. The Balaban J connectivity index is 1.87. The van der Waals surface area contributed by atoms with Gasteiger partial charge in [-0.15, -0.1) is 0 Å². The largest absolute Gasteiger partial charge is 0.386 e. The van der Waals surface area contributed by atoms with Gasteiger partial charge < -0.3 is 10.6 Å². The average Bonchev–Trinajstić information content (AvgIpc) is 2.68. The van der Waals surface area contributed by atoms with Crippen molar-refractivity contribution in [3.63, 3.8) is 0 Å². The maximum atomic E-state index is 12.6. The standard InChI is InChI=1S/C23H32BrN3O/c24-22-15-11-10-12-19(22)17-26-18-20(16-25)23(28)27-21-13-8-6-4-2-1-3-5-7-9-14-21/h10-12,15,18,21,26H,1-9,13-14,17H2,(H,27,28)/b20-18-. The van der Waals surface area contributed by atoms with E-state index < -0.39 is 0 Å². The Kier molecular flexibility index (Phi) is 10.8. The second-order valence-electron chi connectivity index (χ2n) is 7.57. The molecule has 0 atom stereocenters. The van der Waals surface area contributed by atoms with Gasteiger partial charge in [0.15, 0.2) is 0 Å². The van der Waals surface area contributed by atoms with Gasteiger partial charge in [-0.1, -0.05) is 91.9 Å². The number of amides is 1. The first-order chi connectivity index (χ1) is 13.7. The molecule has 0 radical (unpaired) electrons. The second-order valence-corrected chi connectivity index (χ2v) is 8.43. The van der Waals surface area contributed by atoms with Crippen LogP contribution in [0.2, 0.25) is 0 Å². The normalized spacial score (nSPS) is 17.6. The molecular formula is C23H32BrN3O. The van der Waals surface area contributed by atoms with Crippen LogP contribution in [-0.2, 0) is 11.3 Å². The summed E-state index contributed by atoms with van der Waals surface area (Å²) in [4.78, 5) is 12.6. The van der Waals surface area contributed by atoms with Gasteiger partial charge in [0, 0.05) is 23.3 Å². The fraction of sp³-hybridized carbons (Fsp3) is 0.565. The number of carbonyl (C=O) groups excluding carboxylic acids is 1. The molecule has 28 heavy (non-hydrogen) atoms. The Bertz CT molecular complexity index is 669. The van der Waals surface area contributed by atoms with Gasteiger partial charge in [0.25, 0.3) is 5.91 Å². The topological polar surface area (TPSA) is 64.9 Å². The molecule has 0 saturated heterocycles. The van der Waals surface area contributed by atoms with Crippen molar-refractivity contribution in [2.24, 2.45) is 0 Å². The predicted molar refractivity (Wildman–Crippen MR) is 117 cm³/mol. The zero-order valence-electron chi connectivity index (χ0n) is 16.7. The molecule has 2 N–H and O–H groups in total. The van der Waals surface area contributed by atoms with Gasteiger partial charge in [-0.25, -0.2) is 0 Å². The van der Waals surface area contributed by atoms with Crippen LogP contribution in [0.3, 0.4) is 0 Å². The first kappa shape index (κ1) is 22.5. The molecule has 0 unspecified atom stereocenters. The van der Waals surface area contributed by atoms with Crippen LogP contribution in [0.15, 0.2) is 40.5 Å². The number of halogens is 1. The zero-order chi connectivity index (χ0) is 20.0. The maximum Gasteiger partial charge on any atom is 0.263 e. The van der Waals surface area contributed by atoms with Crippen LogP contribution in [0.25, 0.3) is 0 Å². The average molecular weight is 446 g/mol. The van der Waals surface area contributed by atoms with Gasteiger partial charge in [0.05, 0.1) is 0 Å². The van der Waals surface area contributed by atoms with E-state index in [4.69, 9.17) is 0 Å². The summed E-state index contributed by atoms with van der Waals surface area (Å²) in [5.41, 5.74) is 1.22. The van der Waals surface area contributed by atoms with Crippen molar-refractivity contribution in [1.29, 1.82) is 5.26 Å². The lowest BCUT2D eigenvalue weighted by Crippen LogP contribution is -2.36. The summed E-state index contributed by atoms with van der Waals surface area (Å²) >= 11 is 3.51. The van der Waals surface area contributed by atoms with E-state index in [1.165, 1.54) is 51.1 Å². The first-order valence-electron chi connectivity index (χ1n) is 10.6. The minimum absolute atomic E-state index is 0.137. The minimum atomic E-state index is -0.265. The number of hydrogen-bond acceptors (Lipinski definition) is 3. The molecule has 1 aliphatic carbocycles. The van der Waals surface area contributed by atoms with Gasteiger partial charge in [-0.3, -0.25) is 4.79 Å². The third-order valence-electron chi connectivity index (χ3n) is 5.30. The zero-order valence-corrected chi connectivity index (χ0v) is 18.3. The molecule has 1 saturated carbocycles. The highest BCUT2D eigenvalue weighted by Crippen LogP contribution is 2.18. The predicted octanol–water partition coefficient (Wildman–Crippen LogP) is 5.74. The molecule has 1 aromatic carbocycles. The maximum absolute atomic E-state index is 12.6. The van der Waals surface area contributed by atoms with E-state index in [2.05, 4.69) is 26.6 Å². The Morgan fingerprint density at radius 3 is 2.18 bits per heavy atom. The number of hydrogen-bond donors (Lipinski definition) is 2. The summed E-state index contributed by atoms with van der Waals surface area (Å²) in [6, 6.07) is 10.1. The summed E-state index contributed by atoms with van der Waals surface area (Å²) in [5, 5.41) is 15.6. The molecule has 0 spiro atoms. The molecule has 1 aliphatic rings. The van der Waals surface area contributed by atoms with E-state index in [1.807, 2.05) is 30.3 Å². The number of carbonyl (C=O) groups is 1. The molecule has 0 aromatic heterocycles. The molecule has 1 aromatic rings. The summed E-state index contributed by atoms with van der Waals surface area (Å²) in [6.45, 7) is 0.559. The van der Waals surface area contributed by atoms with E-state index in [0.29, 0.717) is 6.54 Å². The fourth-order valence-corrected chi connectivity index (χ4v) is 4.05. The number of rotatable bonds is 5. The van der Waals surface area contributed by atoms with E-state index >= 15 is 0 Å². The summed E-state index contributed by atoms with van der Waals surface area (Å²) < 4.78 is 1.01. The quantitative estimate of drug-likeness (QED) is 0.448. The lowest BCUT2D eigenvalue weighted by molar-refractivity contribution is -0.117. The Morgan fingerprint density at radius 1 is 1.04 bits per heavy atom. The van der Waals surface area contributed by atoms with Gasteiger partial charge >= 0.3 is 0 Å². The fourth-order valence-electron chi connectivity index (χ4n) is 3.62. The van der Waals surface area contributed by atoms with Crippen LogP contribution in [0, 0.1) is 11.3 Å². The molecule has 0 heterocycles. The van der Waals surface area contributed by atoms with Crippen molar-refractivity contribution in [2.45, 2.75) is 83.2 Å². The number of nitrogens with one attached hydrogen (secondary N) is 2. The lowest BCUT2D eigenvalue weighted by atomic mass is 9.98. The molecule has 5 heteroatoms. The van der Waals surface area contributed by atoms with E-state index in [1.54, 1.807) is 0 Å². The lowest BCUT2D eigenvalue weighted by Gasteiger charge is -2.19. The number of benzene rings is 1. The van der Waals surface area contributed by atoms with E-state index in [0.717, 1.165) is 35.7 Å². The third-order valence-corrected chi connectivity index (χ3v) is 6.08. The molecule has 2 rings (SSSR count). The van der Waals surface area contributed by atoms with Gasteiger partial charge in [0.1, 0.15) is 11.6 Å². The van der Waals surface area contributed by atoms with Gasteiger partial charge in [-0.2, -0.15) is 5.26 Å². The molecule has 152 valence electrons. The highest BCUT2D eigenvalue weighted by molar-refractivity contribution is 9.10. The molecule has 4 nitrogen and oxygen atoms in total. The van der Waals surface area contributed by atoms with Crippen molar-refractivity contribution in [3.05, 3.63) is 46.1 Å². The number of nitriles is 1. The van der Waals surface area contributed by atoms with Crippen LogP contribution >= 0.6 is 15.9 Å². The van der Waals surface area contributed by atoms with E-state index in [9.17, 15) is 10.1 Å². The number of nitrogens with zero attached hydrogens (tertiary/aromatic N) is 1. The Morgan fingerprint density at radius 2 is 1.61 bits per heavy atom. The van der Waals surface area contributed by atoms with Crippen molar-refractivity contribution < 1.29 is 4.79 Å². The van der Waals surface area contributed by atoms with Crippen LogP contribution in [-0.4, -0.2) is 11.9 Å². The van der Waals surface area contributed by atoms with Crippen LogP contribution < -0.4 is 10.6 Å². The van der Waals surface area contributed by atoms with Crippen LogP contribution in [0.4, 0.5) is 0 Å². The highest BCUT2D eigenvalue weighted by Gasteiger charge is 2.16. The SMILES string of the molecule is N#C/C(=C/NCc1ccccc1Br)C(=O)NC1CCCCCCCCCCC1. The highest BCUT2D eigenvalue weighted by atomic mass is 79.9. The Labute approximate surface area is 177 Å². The van der Waals surface area contributed by atoms with Crippen molar-refractivity contribution in [3.8, 4) is 6.07 Å². The second kappa shape index (κ2) is 13.4. The third kappa shape index (κ3) is 8.48. The molecular weight excluding hydrogens is 414 g/mol. The molecule has 1 fully saturated rings. The molecule has 0 bridgehead atoms. The van der Waals surface area contributed by atoms with Crippen LogP contribution in [0.5, 0.6) is 0 Å². The monoisotopic (exact) mass is 445 g/mol. The van der Waals surface area contributed by atoms with Crippen molar-refractivity contribution in [2.75, 3.05) is 0 Å². The van der Waals surface area contributed by atoms with Gasteiger partial charge in [-0.05, 0) is 24.5 Å². The van der Waals surface area contributed by atoms with Crippen molar-refractivity contribution >= 4 is 21.8 Å². The van der Waals surface area contributed by atoms with Gasteiger partial charge in [0.2, 0.25) is 0 Å². The minimum Gasteiger partial charge on any atom is -0.386 e. The first-order valence-corrected chi connectivity index (χ1v) is 11.4. The Hall–Kier alpha value is -1.80. The van der Waals surface area contributed by atoms with Crippen LogP contribution in [0.1, 0.15) is 76.2 Å². The summed E-state index contributed by atoms with van der Waals surface area (Å²) in [6.07, 6.45) is 14.9. The molecule has 0 aliphatic heterocycles.